The van der Waals surface area contributed by atoms with E-state index >= 15 is 0 Å². The molecule has 0 unspecified atom stereocenters. The maximum Gasteiger partial charge on any atom is 0.350 e. The van der Waals surface area contributed by atoms with Crippen LogP contribution >= 0.6 is 0 Å². The molecule has 22 heavy (non-hydrogen) atoms. The summed E-state index contributed by atoms with van der Waals surface area (Å²) >= 11 is 0. The third-order valence-corrected chi connectivity index (χ3v) is 3.78. The Morgan fingerprint density at radius 2 is 2.00 bits per heavy atom. The minimum atomic E-state index is -0.347. The number of nitrogens with zero attached hydrogens (tertiary/aromatic N) is 4. The van der Waals surface area contributed by atoms with Crippen LogP contribution in [0.3, 0.4) is 0 Å². The average Bonchev–Trinajstić information content (AvgIpc) is 2.81. The van der Waals surface area contributed by atoms with E-state index in [0.717, 1.165) is 16.8 Å². The maximum absolute atomic E-state index is 12.7. The summed E-state index contributed by atoms with van der Waals surface area (Å²) in [6, 6.07) is 5.77. The summed E-state index contributed by atoms with van der Waals surface area (Å²) in [5, 5.41) is 4.10. The Morgan fingerprint density at radius 3 is 2.73 bits per heavy atom. The third-order valence-electron chi connectivity index (χ3n) is 3.78. The van der Waals surface area contributed by atoms with Gasteiger partial charge in [-0.1, -0.05) is 18.2 Å². The molecule has 0 saturated heterocycles. The van der Waals surface area contributed by atoms with E-state index in [2.05, 4.69) is 11.7 Å². The van der Waals surface area contributed by atoms with Crippen LogP contribution in [0.5, 0.6) is 0 Å². The van der Waals surface area contributed by atoms with Gasteiger partial charge in [-0.3, -0.25) is 9.36 Å². The van der Waals surface area contributed by atoms with Crippen molar-refractivity contribution in [3.63, 3.8) is 0 Å². The molecule has 0 fully saturated rings. The molecular weight excluding hydrogens is 280 g/mol. The Morgan fingerprint density at radius 1 is 1.23 bits per heavy atom. The van der Waals surface area contributed by atoms with Gasteiger partial charge in [0, 0.05) is 12.4 Å². The predicted octanol–water partition coefficient (Wildman–Crippen LogP) is 1.45. The van der Waals surface area contributed by atoms with Crippen LogP contribution in [0.2, 0.25) is 0 Å². The number of aryl methyl sites for hydroxylation is 1. The zero-order valence-corrected chi connectivity index (χ0v) is 12.5. The van der Waals surface area contributed by atoms with Crippen molar-refractivity contribution < 1.29 is 0 Å². The van der Waals surface area contributed by atoms with E-state index in [1.807, 2.05) is 32.0 Å². The smallest absolute Gasteiger partial charge is 0.279 e. The first-order valence-electron chi connectivity index (χ1n) is 6.93. The number of benzene rings is 1. The number of hydrogen-bond donors (Lipinski definition) is 0. The number of rotatable bonds is 3. The van der Waals surface area contributed by atoms with Crippen LogP contribution in [0.1, 0.15) is 11.1 Å². The quantitative estimate of drug-likeness (QED) is 0.687. The molecule has 6 heteroatoms. The van der Waals surface area contributed by atoms with Crippen molar-refractivity contribution in [2.75, 3.05) is 0 Å². The van der Waals surface area contributed by atoms with Crippen molar-refractivity contribution in [3.8, 4) is 5.69 Å². The first-order chi connectivity index (χ1) is 10.5. The molecule has 0 radical (unpaired) electrons. The Balaban J connectivity index is 2.32. The summed E-state index contributed by atoms with van der Waals surface area (Å²) in [7, 11) is 0. The Bertz CT molecular complexity index is 992. The van der Waals surface area contributed by atoms with Crippen LogP contribution in [0.4, 0.5) is 0 Å². The number of allylic oxidation sites excluding steroid dienone is 1. The van der Waals surface area contributed by atoms with Gasteiger partial charge in [-0.25, -0.2) is 13.9 Å². The fourth-order valence-corrected chi connectivity index (χ4v) is 2.44. The summed E-state index contributed by atoms with van der Waals surface area (Å²) < 4.78 is 3.99. The van der Waals surface area contributed by atoms with Gasteiger partial charge in [0.15, 0.2) is 0 Å². The van der Waals surface area contributed by atoms with Crippen LogP contribution in [-0.2, 0) is 6.54 Å². The number of hydrogen-bond acceptors (Lipinski definition) is 3. The van der Waals surface area contributed by atoms with Crippen LogP contribution in [0, 0.1) is 13.8 Å². The molecule has 2 heterocycles. The highest BCUT2D eigenvalue weighted by molar-refractivity contribution is 5.47. The Labute approximate surface area is 126 Å². The topological polar surface area (TPSA) is 61.3 Å². The summed E-state index contributed by atoms with van der Waals surface area (Å²) in [6.45, 7) is 7.80. The third kappa shape index (κ3) is 2.00. The SMILES string of the molecule is C=CCn1nc2c(=O)n(-c3cccc(C)c3C)ccn2c1=O. The summed E-state index contributed by atoms with van der Waals surface area (Å²) in [5.41, 5.74) is 2.34. The van der Waals surface area contributed by atoms with Crippen molar-refractivity contribution in [2.24, 2.45) is 0 Å². The molecule has 0 aliphatic carbocycles. The van der Waals surface area contributed by atoms with Gasteiger partial charge in [-0.15, -0.1) is 11.7 Å². The summed E-state index contributed by atoms with van der Waals surface area (Å²) in [6.07, 6.45) is 4.73. The minimum absolute atomic E-state index is 0.107. The molecule has 0 aliphatic heterocycles. The van der Waals surface area contributed by atoms with Gasteiger partial charge >= 0.3 is 11.2 Å². The van der Waals surface area contributed by atoms with Crippen molar-refractivity contribution in [1.82, 2.24) is 18.7 Å². The summed E-state index contributed by atoms with van der Waals surface area (Å²) in [4.78, 5) is 24.8. The molecule has 3 rings (SSSR count). The second-order valence-corrected chi connectivity index (χ2v) is 5.14. The monoisotopic (exact) mass is 296 g/mol. The largest absolute Gasteiger partial charge is 0.350 e. The molecule has 3 aromatic rings. The van der Waals surface area contributed by atoms with Crippen molar-refractivity contribution >= 4 is 5.65 Å². The van der Waals surface area contributed by atoms with Gasteiger partial charge in [-0.2, -0.15) is 0 Å². The van der Waals surface area contributed by atoms with Gasteiger partial charge < -0.3 is 0 Å². The standard InChI is InChI=1S/C16H16N4O2/c1-4-8-20-16(22)19-10-9-18(15(21)14(19)17-20)13-7-5-6-11(2)12(13)3/h4-7,9-10H,1,8H2,2-3H3. The lowest BCUT2D eigenvalue weighted by molar-refractivity contribution is 0.673. The fraction of sp³-hybridized carbons (Fsp3) is 0.188. The fourth-order valence-electron chi connectivity index (χ4n) is 2.44. The highest BCUT2D eigenvalue weighted by Crippen LogP contribution is 2.15. The predicted molar refractivity (Wildman–Crippen MR) is 84.7 cm³/mol. The second-order valence-electron chi connectivity index (χ2n) is 5.14. The molecule has 0 atom stereocenters. The zero-order valence-electron chi connectivity index (χ0n) is 12.5. The molecule has 0 amide bonds. The van der Waals surface area contributed by atoms with E-state index in [1.54, 1.807) is 18.5 Å². The van der Waals surface area contributed by atoms with Crippen LogP contribution in [0.25, 0.3) is 11.3 Å². The van der Waals surface area contributed by atoms with E-state index in [0.29, 0.717) is 0 Å². The highest BCUT2D eigenvalue weighted by Gasteiger charge is 2.13. The van der Waals surface area contributed by atoms with Gasteiger partial charge in [0.1, 0.15) is 0 Å². The van der Waals surface area contributed by atoms with E-state index in [9.17, 15) is 9.59 Å². The lowest BCUT2D eigenvalue weighted by Crippen LogP contribution is -2.24. The second kappa shape index (κ2) is 5.14. The number of aromatic nitrogens is 4. The van der Waals surface area contributed by atoms with Gasteiger partial charge in [0.25, 0.3) is 0 Å². The average molecular weight is 296 g/mol. The van der Waals surface area contributed by atoms with E-state index < -0.39 is 0 Å². The lowest BCUT2D eigenvalue weighted by atomic mass is 10.1. The van der Waals surface area contributed by atoms with Crippen LogP contribution in [0.15, 0.2) is 52.8 Å². The Hall–Kier alpha value is -2.89. The molecule has 6 nitrogen and oxygen atoms in total. The lowest BCUT2D eigenvalue weighted by Gasteiger charge is -2.10. The van der Waals surface area contributed by atoms with Crippen molar-refractivity contribution in [2.45, 2.75) is 20.4 Å². The normalized spacial score (nSPS) is 11.0. The first kappa shape index (κ1) is 14.1. The minimum Gasteiger partial charge on any atom is -0.279 e. The molecule has 0 bridgehead atoms. The van der Waals surface area contributed by atoms with Crippen LogP contribution in [-0.4, -0.2) is 18.7 Å². The van der Waals surface area contributed by atoms with E-state index in [1.165, 1.54) is 13.6 Å². The summed E-state index contributed by atoms with van der Waals surface area (Å²) in [5.74, 6) is 0. The zero-order chi connectivity index (χ0) is 15.9. The van der Waals surface area contributed by atoms with Crippen molar-refractivity contribution in [1.29, 1.82) is 0 Å². The molecule has 112 valence electrons. The molecule has 0 spiro atoms. The molecular formula is C16H16N4O2. The van der Waals surface area contributed by atoms with Gasteiger partial charge in [0.2, 0.25) is 5.65 Å². The highest BCUT2D eigenvalue weighted by atomic mass is 16.2. The molecule has 0 aliphatic rings. The van der Waals surface area contributed by atoms with E-state index in [-0.39, 0.29) is 23.4 Å². The molecule has 1 aromatic carbocycles. The van der Waals surface area contributed by atoms with Crippen LogP contribution < -0.4 is 11.2 Å². The Kier molecular flexibility index (Phi) is 3.29. The van der Waals surface area contributed by atoms with Gasteiger partial charge in [-0.05, 0) is 31.0 Å². The van der Waals surface area contributed by atoms with Gasteiger partial charge in [0.05, 0.1) is 12.2 Å². The molecule has 0 saturated carbocycles. The molecule has 2 aromatic heterocycles. The maximum atomic E-state index is 12.7. The van der Waals surface area contributed by atoms with E-state index in [4.69, 9.17) is 0 Å². The first-order valence-corrected chi connectivity index (χ1v) is 6.93. The molecule has 0 N–H and O–H groups in total. The number of fused-ring (bicyclic) bond motifs is 1. The van der Waals surface area contributed by atoms with Crippen molar-refractivity contribution in [3.05, 3.63) is 75.2 Å².